The molecular weight excluding hydrogens is 218 g/mol. The van der Waals surface area contributed by atoms with Gasteiger partial charge in [-0.15, -0.1) is 0 Å². The lowest BCUT2D eigenvalue weighted by molar-refractivity contribution is -0.146. The number of hydrogen-bond acceptors (Lipinski definition) is 3. The molecule has 0 saturated carbocycles. The van der Waals surface area contributed by atoms with Crippen molar-refractivity contribution < 1.29 is 29.7 Å². The van der Waals surface area contributed by atoms with E-state index in [1.807, 2.05) is 0 Å². The number of hydrogen-bond donors (Lipinski definition) is 3. The zero-order valence-electron chi connectivity index (χ0n) is 8.50. The maximum absolute atomic E-state index is 10.8. The van der Waals surface area contributed by atoms with E-state index in [2.05, 4.69) is 0 Å². The first-order valence-electron chi connectivity index (χ1n) is 4.86. The second kappa shape index (κ2) is 4.82. The molecule has 0 aromatic heterocycles. The molecule has 16 heavy (non-hydrogen) atoms. The lowest BCUT2D eigenvalue weighted by atomic mass is 9.88. The summed E-state index contributed by atoms with van der Waals surface area (Å²) >= 11 is 0. The van der Waals surface area contributed by atoms with Crippen LogP contribution in [0.1, 0.15) is 19.3 Å². The Morgan fingerprint density at radius 3 is 2.25 bits per heavy atom. The van der Waals surface area contributed by atoms with Gasteiger partial charge in [0.2, 0.25) is 0 Å². The van der Waals surface area contributed by atoms with E-state index in [9.17, 15) is 14.4 Å². The molecule has 1 rings (SSSR count). The largest absolute Gasteiger partial charge is 0.481 e. The minimum absolute atomic E-state index is 0.0634. The molecule has 0 radical (unpaired) electrons. The van der Waals surface area contributed by atoms with Crippen LogP contribution in [0.4, 0.5) is 4.79 Å². The first-order valence-corrected chi connectivity index (χ1v) is 4.86. The standard InChI is InChI=1S/C9H13NO6/c11-7(12)4-5-1-2-10(9(15)16)6(3-5)8(13)14/h5-6H,1-4H2,(H,11,12)(H,13,14)(H,15,16). The van der Waals surface area contributed by atoms with Gasteiger partial charge in [-0.05, 0) is 18.8 Å². The molecule has 1 fully saturated rings. The van der Waals surface area contributed by atoms with Crippen LogP contribution in [-0.4, -0.2) is 50.8 Å². The maximum atomic E-state index is 10.8. The highest BCUT2D eigenvalue weighted by Gasteiger charge is 2.36. The number of carboxylic acids is 2. The lowest BCUT2D eigenvalue weighted by Gasteiger charge is -2.34. The Morgan fingerprint density at radius 2 is 1.81 bits per heavy atom. The van der Waals surface area contributed by atoms with Gasteiger partial charge in [0.1, 0.15) is 6.04 Å². The molecule has 0 spiro atoms. The van der Waals surface area contributed by atoms with Crippen LogP contribution in [0.5, 0.6) is 0 Å². The summed E-state index contributed by atoms with van der Waals surface area (Å²) in [5.41, 5.74) is 0. The van der Waals surface area contributed by atoms with E-state index in [1.165, 1.54) is 0 Å². The van der Waals surface area contributed by atoms with Crippen LogP contribution < -0.4 is 0 Å². The van der Waals surface area contributed by atoms with Gasteiger partial charge in [-0.3, -0.25) is 9.69 Å². The molecule has 2 unspecified atom stereocenters. The molecule has 2 atom stereocenters. The molecule has 0 aromatic carbocycles. The molecule has 1 amide bonds. The molecule has 1 saturated heterocycles. The highest BCUT2D eigenvalue weighted by atomic mass is 16.4. The number of carbonyl (C=O) groups is 3. The third-order valence-electron chi connectivity index (χ3n) is 2.71. The molecule has 1 aliphatic rings. The van der Waals surface area contributed by atoms with Gasteiger partial charge in [-0.1, -0.05) is 0 Å². The summed E-state index contributed by atoms with van der Waals surface area (Å²) in [5.74, 6) is -2.48. The maximum Gasteiger partial charge on any atom is 0.408 e. The van der Waals surface area contributed by atoms with Gasteiger partial charge in [0, 0.05) is 13.0 Å². The van der Waals surface area contributed by atoms with Gasteiger partial charge in [0.05, 0.1) is 0 Å². The monoisotopic (exact) mass is 231 g/mol. The highest BCUT2D eigenvalue weighted by Crippen LogP contribution is 2.25. The molecule has 1 heterocycles. The van der Waals surface area contributed by atoms with Crippen LogP contribution in [0.2, 0.25) is 0 Å². The highest BCUT2D eigenvalue weighted by molar-refractivity contribution is 5.79. The first kappa shape index (κ1) is 12.3. The molecule has 0 aromatic rings. The fourth-order valence-electron chi connectivity index (χ4n) is 1.93. The Hall–Kier alpha value is -1.79. The zero-order chi connectivity index (χ0) is 12.3. The molecule has 90 valence electrons. The molecule has 0 aliphatic carbocycles. The first-order chi connectivity index (χ1) is 7.41. The average Bonchev–Trinajstić information content (AvgIpc) is 2.16. The summed E-state index contributed by atoms with van der Waals surface area (Å²) in [5, 5.41) is 26.2. The zero-order valence-corrected chi connectivity index (χ0v) is 8.50. The van der Waals surface area contributed by atoms with Crippen molar-refractivity contribution in [3.63, 3.8) is 0 Å². The number of piperidine rings is 1. The van der Waals surface area contributed by atoms with E-state index in [1.54, 1.807) is 0 Å². The van der Waals surface area contributed by atoms with Gasteiger partial charge in [-0.25, -0.2) is 9.59 Å². The van der Waals surface area contributed by atoms with Gasteiger partial charge in [0.25, 0.3) is 0 Å². The molecule has 7 nitrogen and oxygen atoms in total. The Labute approximate surface area is 91.3 Å². The van der Waals surface area contributed by atoms with Crippen LogP contribution in [0.15, 0.2) is 0 Å². The summed E-state index contributed by atoms with van der Waals surface area (Å²) in [6, 6.07) is -1.13. The number of rotatable bonds is 3. The molecule has 0 bridgehead atoms. The van der Waals surface area contributed by atoms with Crippen LogP contribution >= 0.6 is 0 Å². The van der Waals surface area contributed by atoms with Crippen molar-refractivity contribution in [1.82, 2.24) is 4.90 Å². The fraction of sp³-hybridized carbons (Fsp3) is 0.667. The molecule has 1 aliphatic heterocycles. The number of carboxylic acid groups (broad SMARTS) is 3. The van der Waals surface area contributed by atoms with Crippen LogP contribution in [0.25, 0.3) is 0 Å². The smallest absolute Gasteiger partial charge is 0.408 e. The van der Waals surface area contributed by atoms with E-state index in [0.29, 0.717) is 6.42 Å². The van der Waals surface area contributed by atoms with E-state index in [-0.39, 0.29) is 25.3 Å². The Kier molecular flexibility index (Phi) is 3.70. The van der Waals surface area contributed by atoms with E-state index < -0.39 is 24.1 Å². The van der Waals surface area contributed by atoms with Gasteiger partial charge < -0.3 is 15.3 Å². The summed E-state index contributed by atoms with van der Waals surface area (Å²) in [4.78, 5) is 32.9. The van der Waals surface area contributed by atoms with E-state index in [0.717, 1.165) is 4.90 Å². The number of nitrogens with zero attached hydrogens (tertiary/aromatic N) is 1. The molecule has 3 N–H and O–H groups in total. The minimum Gasteiger partial charge on any atom is -0.481 e. The Morgan fingerprint density at radius 1 is 1.19 bits per heavy atom. The number of likely N-dealkylation sites (tertiary alicyclic amines) is 1. The van der Waals surface area contributed by atoms with Crippen LogP contribution in [0.3, 0.4) is 0 Å². The van der Waals surface area contributed by atoms with E-state index in [4.69, 9.17) is 15.3 Å². The number of aliphatic carboxylic acids is 2. The van der Waals surface area contributed by atoms with Gasteiger partial charge in [-0.2, -0.15) is 0 Å². The minimum atomic E-state index is -1.28. The van der Waals surface area contributed by atoms with Crippen molar-refractivity contribution in [1.29, 1.82) is 0 Å². The van der Waals surface area contributed by atoms with Crippen molar-refractivity contribution in [2.75, 3.05) is 6.54 Å². The Bertz CT molecular complexity index is 315. The van der Waals surface area contributed by atoms with Gasteiger partial charge in [0.15, 0.2) is 0 Å². The summed E-state index contributed by atoms with van der Waals surface area (Å²) < 4.78 is 0. The van der Waals surface area contributed by atoms with Crippen molar-refractivity contribution in [3.05, 3.63) is 0 Å². The fourth-order valence-corrected chi connectivity index (χ4v) is 1.93. The summed E-state index contributed by atoms with van der Waals surface area (Å²) in [6.45, 7) is 0.0737. The molecular formula is C9H13NO6. The second-order valence-electron chi connectivity index (χ2n) is 3.82. The topological polar surface area (TPSA) is 115 Å². The van der Waals surface area contributed by atoms with Crippen molar-refractivity contribution in [2.24, 2.45) is 5.92 Å². The predicted octanol–water partition coefficient (Wildman–Crippen LogP) is 0.304. The van der Waals surface area contributed by atoms with Gasteiger partial charge >= 0.3 is 18.0 Å². The lowest BCUT2D eigenvalue weighted by Crippen LogP contribution is -2.49. The third-order valence-corrected chi connectivity index (χ3v) is 2.71. The quantitative estimate of drug-likeness (QED) is 0.643. The Balaban J connectivity index is 2.68. The summed E-state index contributed by atoms with van der Waals surface area (Å²) in [6.07, 6.45) is -0.936. The second-order valence-corrected chi connectivity index (χ2v) is 3.82. The third kappa shape index (κ3) is 2.85. The SMILES string of the molecule is O=C(O)CC1CCN(C(=O)O)C(C(=O)O)C1. The molecule has 7 heteroatoms. The van der Waals surface area contributed by atoms with Crippen LogP contribution in [-0.2, 0) is 9.59 Å². The van der Waals surface area contributed by atoms with E-state index >= 15 is 0 Å². The van der Waals surface area contributed by atoms with Crippen LogP contribution in [0, 0.1) is 5.92 Å². The van der Waals surface area contributed by atoms with Crippen molar-refractivity contribution in [2.45, 2.75) is 25.3 Å². The average molecular weight is 231 g/mol. The number of amides is 1. The van der Waals surface area contributed by atoms with Crippen molar-refractivity contribution >= 4 is 18.0 Å². The summed E-state index contributed by atoms with van der Waals surface area (Å²) in [7, 11) is 0. The predicted molar refractivity (Wildman–Crippen MR) is 51.1 cm³/mol. The normalized spacial score (nSPS) is 25.1. The van der Waals surface area contributed by atoms with Crippen molar-refractivity contribution in [3.8, 4) is 0 Å².